The lowest BCUT2D eigenvalue weighted by atomic mass is 10.1. The third kappa shape index (κ3) is 3.27. The average Bonchev–Trinajstić information content (AvgIpc) is 2.83. The Labute approximate surface area is 128 Å². The van der Waals surface area contributed by atoms with E-state index in [2.05, 4.69) is 12.2 Å². The number of piperidine rings is 1. The molecule has 6 nitrogen and oxygen atoms in total. The minimum Gasteiger partial charge on any atom is -0.372 e. The minimum absolute atomic E-state index is 0.101. The van der Waals surface area contributed by atoms with Crippen LogP contribution in [0.25, 0.3) is 0 Å². The molecule has 0 aromatic rings. The molecule has 3 aliphatic rings. The van der Waals surface area contributed by atoms with Crippen molar-refractivity contribution in [2.24, 2.45) is 0 Å². The first-order valence-electron chi connectivity index (χ1n) is 8.24. The molecule has 0 aliphatic carbocycles. The fraction of sp³-hybridized carbons (Fsp3) is 1.00. The molecule has 3 unspecified atom stereocenters. The molecule has 122 valence electrons. The van der Waals surface area contributed by atoms with Crippen LogP contribution in [0.4, 0.5) is 0 Å². The molecule has 3 heterocycles. The Hall–Kier alpha value is -0.210. The third-order valence-corrected chi connectivity index (χ3v) is 6.86. The quantitative estimate of drug-likeness (QED) is 0.805. The van der Waals surface area contributed by atoms with Crippen LogP contribution in [0.3, 0.4) is 0 Å². The lowest BCUT2D eigenvalue weighted by Gasteiger charge is -2.40. The summed E-state index contributed by atoms with van der Waals surface area (Å²) in [6.07, 6.45) is 5.26. The van der Waals surface area contributed by atoms with Crippen molar-refractivity contribution in [3.8, 4) is 0 Å². The highest BCUT2D eigenvalue weighted by Crippen LogP contribution is 2.30. The number of fused-ring (bicyclic) bond motifs is 2. The van der Waals surface area contributed by atoms with Gasteiger partial charge in [0, 0.05) is 32.2 Å². The van der Waals surface area contributed by atoms with E-state index in [1.54, 1.807) is 8.61 Å². The van der Waals surface area contributed by atoms with Crippen LogP contribution in [-0.2, 0) is 14.9 Å². The van der Waals surface area contributed by atoms with Gasteiger partial charge in [-0.15, -0.1) is 0 Å². The minimum atomic E-state index is -3.34. The van der Waals surface area contributed by atoms with Gasteiger partial charge in [0.2, 0.25) is 0 Å². The molecule has 0 spiro atoms. The zero-order chi connectivity index (χ0) is 14.9. The van der Waals surface area contributed by atoms with Gasteiger partial charge in [0.05, 0.1) is 12.2 Å². The molecule has 2 bridgehead atoms. The number of nitrogens with zero attached hydrogens (tertiary/aromatic N) is 2. The van der Waals surface area contributed by atoms with Crippen LogP contribution < -0.4 is 5.32 Å². The molecule has 3 fully saturated rings. The largest absolute Gasteiger partial charge is 0.372 e. The fourth-order valence-electron chi connectivity index (χ4n) is 3.71. The van der Waals surface area contributed by atoms with Crippen LogP contribution in [0.15, 0.2) is 0 Å². The van der Waals surface area contributed by atoms with Crippen LogP contribution in [0, 0.1) is 0 Å². The fourth-order valence-corrected chi connectivity index (χ4v) is 5.63. The maximum absolute atomic E-state index is 13.0. The molecule has 0 amide bonds. The highest BCUT2D eigenvalue weighted by Gasteiger charge is 2.43. The highest BCUT2D eigenvalue weighted by atomic mass is 32.2. The topological polar surface area (TPSA) is 61.9 Å². The Morgan fingerprint density at radius 2 is 1.86 bits per heavy atom. The van der Waals surface area contributed by atoms with Crippen LogP contribution in [0.1, 0.15) is 39.0 Å². The van der Waals surface area contributed by atoms with Gasteiger partial charge in [-0.05, 0) is 32.2 Å². The second-order valence-corrected chi connectivity index (χ2v) is 8.23. The van der Waals surface area contributed by atoms with Gasteiger partial charge in [-0.25, -0.2) is 0 Å². The molecule has 3 saturated heterocycles. The van der Waals surface area contributed by atoms with Crippen molar-refractivity contribution in [1.82, 2.24) is 13.9 Å². The normalized spacial score (nSPS) is 35.2. The summed E-state index contributed by atoms with van der Waals surface area (Å²) in [7, 11) is -3.34. The SMILES string of the molecule is CCNCC1CCCCN1S(=O)(=O)N1CC2CCC(C1)O2. The molecule has 3 rings (SSSR count). The number of nitrogens with one attached hydrogen (secondary N) is 1. The standard InChI is InChI=1S/C14H27N3O3S/c1-2-15-9-12-5-3-4-8-17(12)21(18,19)16-10-13-6-7-14(11-16)20-13/h12-15H,2-11H2,1H3. The Balaban J connectivity index is 1.72. The molecule has 0 aromatic carbocycles. The van der Waals surface area contributed by atoms with Crippen molar-refractivity contribution >= 4 is 10.2 Å². The second-order valence-electron chi connectivity index (χ2n) is 6.35. The maximum Gasteiger partial charge on any atom is 0.282 e. The van der Waals surface area contributed by atoms with E-state index in [1.807, 2.05) is 0 Å². The van der Waals surface area contributed by atoms with Crippen molar-refractivity contribution in [2.75, 3.05) is 32.7 Å². The first-order chi connectivity index (χ1) is 10.1. The average molecular weight is 317 g/mol. The summed E-state index contributed by atoms with van der Waals surface area (Å²) in [5, 5.41) is 3.30. The molecule has 3 atom stereocenters. The van der Waals surface area contributed by atoms with Gasteiger partial charge in [0.1, 0.15) is 0 Å². The van der Waals surface area contributed by atoms with Gasteiger partial charge in [0.25, 0.3) is 10.2 Å². The highest BCUT2D eigenvalue weighted by molar-refractivity contribution is 7.86. The molecule has 3 aliphatic heterocycles. The van der Waals surface area contributed by atoms with E-state index >= 15 is 0 Å². The summed E-state index contributed by atoms with van der Waals surface area (Å²) in [5.74, 6) is 0. The van der Waals surface area contributed by atoms with E-state index in [4.69, 9.17) is 4.74 Å². The smallest absolute Gasteiger partial charge is 0.282 e. The number of likely N-dealkylation sites (N-methyl/N-ethyl adjacent to an activating group) is 1. The number of morpholine rings is 1. The van der Waals surface area contributed by atoms with E-state index in [9.17, 15) is 8.42 Å². The molecular formula is C14H27N3O3S. The Kier molecular flexibility index (Phi) is 4.85. The van der Waals surface area contributed by atoms with Gasteiger partial charge in [0.15, 0.2) is 0 Å². The third-order valence-electron chi connectivity index (χ3n) is 4.84. The predicted octanol–water partition coefficient (Wildman–Crippen LogP) is 0.558. The monoisotopic (exact) mass is 317 g/mol. The van der Waals surface area contributed by atoms with Crippen molar-refractivity contribution in [3.63, 3.8) is 0 Å². The summed E-state index contributed by atoms with van der Waals surface area (Å²) in [6.45, 7) is 5.41. The van der Waals surface area contributed by atoms with Crippen molar-refractivity contribution in [1.29, 1.82) is 0 Å². The van der Waals surface area contributed by atoms with Crippen molar-refractivity contribution < 1.29 is 13.2 Å². The molecule has 0 aromatic heterocycles. The number of hydrogen-bond donors (Lipinski definition) is 1. The number of hydrogen-bond acceptors (Lipinski definition) is 4. The van der Waals surface area contributed by atoms with Gasteiger partial charge in [-0.3, -0.25) is 0 Å². The van der Waals surface area contributed by atoms with Crippen molar-refractivity contribution in [3.05, 3.63) is 0 Å². The molecule has 21 heavy (non-hydrogen) atoms. The van der Waals surface area contributed by atoms with Gasteiger partial charge >= 0.3 is 0 Å². The first kappa shape index (κ1) is 15.7. The van der Waals surface area contributed by atoms with Gasteiger partial charge in [-0.2, -0.15) is 17.0 Å². The van der Waals surface area contributed by atoms with Gasteiger partial charge < -0.3 is 10.1 Å². The Bertz CT molecular complexity index is 444. The Morgan fingerprint density at radius 3 is 2.52 bits per heavy atom. The van der Waals surface area contributed by atoms with Crippen molar-refractivity contribution in [2.45, 2.75) is 57.3 Å². The van der Waals surface area contributed by atoms with Crippen LogP contribution in [0.2, 0.25) is 0 Å². The summed E-state index contributed by atoms with van der Waals surface area (Å²) < 4.78 is 35.2. The zero-order valence-electron chi connectivity index (χ0n) is 12.8. The van der Waals surface area contributed by atoms with Crippen LogP contribution in [0.5, 0.6) is 0 Å². The summed E-state index contributed by atoms with van der Waals surface area (Å²) in [5.41, 5.74) is 0. The van der Waals surface area contributed by atoms with Gasteiger partial charge in [-0.1, -0.05) is 13.3 Å². The molecule has 0 saturated carbocycles. The molecule has 7 heteroatoms. The van der Waals surface area contributed by atoms with E-state index in [0.717, 1.165) is 45.2 Å². The van der Waals surface area contributed by atoms with E-state index in [1.165, 1.54) is 0 Å². The zero-order valence-corrected chi connectivity index (χ0v) is 13.6. The summed E-state index contributed by atoms with van der Waals surface area (Å²) in [4.78, 5) is 0. The van der Waals surface area contributed by atoms with Crippen LogP contribution >= 0.6 is 0 Å². The number of ether oxygens (including phenoxy) is 1. The van der Waals surface area contributed by atoms with E-state index in [0.29, 0.717) is 19.6 Å². The lowest BCUT2D eigenvalue weighted by molar-refractivity contribution is -0.0138. The Morgan fingerprint density at radius 1 is 1.14 bits per heavy atom. The summed E-state index contributed by atoms with van der Waals surface area (Å²) >= 11 is 0. The maximum atomic E-state index is 13.0. The first-order valence-corrected chi connectivity index (χ1v) is 9.64. The second kappa shape index (κ2) is 6.50. The number of rotatable bonds is 5. The predicted molar refractivity (Wildman–Crippen MR) is 81.3 cm³/mol. The summed E-state index contributed by atoms with van der Waals surface area (Å²) in [6, 6.07) is 0.101. The molecular weight excluding hydrogens is 290 g/mol. The lowest BCUT2D eigenvalue weighted by Crippen LogP contribution is -2.56. The van der Waals surface area contributed by atoms with E-state index in [-0.39, 0.29) is 18.2 Å². The molecule has 0 radical (unpaired) electrons. The molecule has 1 N–H and O–H groups in total. The van der Waals surface area contributed by atoms with E-state index < -0.39 is 10.2 Å². The van der Waals surface area contributed by atoms with Crippen LogP contribution in [-0.4, -0.2) is 68.0 Å².